The molecule has 0 saturated carbocycles. The number of aryl methyl sites for hydroxylation is 3. The van der Waals surface area contributed by atoms with Crippen molar-refractivity contribution >= 4 is 0 Å². The van der Waals surface area contributed by atoms with E-state index in [0.717, 1.165) is 5.69 Å². The van der Waals surface area contributed by atoms with Gasteiger partial charge in [-0.3, -0.25) is 0 Å². The van der Waals surface area contributed by atoms with Gasteiger partial charge < -0.3 is 0 Å². The summed E-state index contributed by atoms with van der Waals surface area (Å²) in [6.45, 7) is 8.43. The van der Waals surface area contributed by atoms with E-state index in [9.17, 15) is 0 Å². The maximum Gasteiger partial charge on any atom is 0.0651 e. The summed E-state index contributed by atoms with van der Waals surface area (Å²) >= 11 is 0. The topological polar surface area (TPSA) is 17.8 Å². The van der Waals surface area contributed by atoms with Gasteiger partial charge in [0.15, 0.2) is 0 Å². The predicted octanol–water partition coefficient (Wildman–Crippen LogP) is 3.11. The van der Waals surface area contributed by atoms with Crippen LogP contribution in [0.4, 0.5) is 0 Å². The first-order valence-corrected chi connectivity index (χ1v) is 5.18. The lowest BCUT2D eigenvalue weighted by molar-refractivity contribution is 0.844. The largest absolute Gasteiger partial charge is 0.238 e. The van der Waals surface area contributed by atoms with E-state index in [0.29, 0.717) is 0 Å². The number of hydrogen-bond acceptors (Lipinski definition) is 1. The highest BCUT2D eigenvalue weighted by Crippen LogP contribution is 2.16. The van der Waals surface area contributed by atoms with Crippen molar-refractivity contribution in [3.63, 3.8) is 0 Å². The molecule has 1 aromatic heterocycles. The van der Waals surface area contributed by atoms with Gasteiger partial charge in [-0.2, -0.15) is 5.10 Å². The number of rotatable bonds is 1. The summed E-state index contributed by atoms with van der Waals surface area (Å²) < 4.78 is 1.99. The maximum absolute atomic E-state index is 4.37. The van der Waals surface area contributed by atoms with E-state index in [4.69, 9.17) is 0 Å². The van der Waals surface area contributed by atoms with Crippen LogP contribution < -0.4 is 0 Å². The Morgan fingerprint density at radius 2 is 1.67 bits per heavy atom. The van der Waals surface area contributed by atoms with Crippen molar-refractivity contribution in [2.45, 2.75) is 27.7 Å². The average Bonchev–Trinajstić information content (AvgIpc) is 2.53. The fraction of sp³-hybridized carbons (Fsp3) is 0.308. The van der Waals surface area contributed by atoms with Crippen LogP contribution in [0.5, 0.6) is 0 Å². The second-order valence-corrected chi connectivity index (χ2v) is 4.09. The molecule has 2 rings (SSSR count). The zero-order valence-corrected chi connectivity index (χ0v) is 9.70. The van der Waals surface area contributed by atoms with E-state index in [2.05, 4.69) is 51.0 Å². The molecule has 0 radical (unpaired) electrons. The van der Waals surface area contributed by atoms with Crippen LogP contribution in [-0.2, 0) is 0 Å². The Balaban J connectivity index is 2.55. The average molecular weight is 200 g/mol. The second kappa shape index (κ2) is 3.54. The van der Waals surface area contributed by atoms with Gasteiger partial charge in [0.1, 0.15) is 0 Å². The fourth-order valence-corrected chi connectivity index (χ4v) is 1.61. The highest BCUT2D eigenvalue weighted by Gasteiger charge is 2.04. The van der Waals surface area contributed by atoms with Crippen LogP contribution >= 0.6 is 0 Å². The number of benzene rings is 1. The van der Waals surface area contributed by atoms with Gasteiger partial charge in [0, 0.05) is 5.69 Å². The van der Waals surface area contributed by atoms with Gasteiger partial charge in [-0.15, -0.1) is 0 Å². The van der Waals surface area contributed by atoms with Crippen LogP contribution in [0.1, 0.15) is 22.4 Å². The summed E-state index contributed by atoms with van der Waals surface area (Å²) in [6.07, 6.45) is 1.91. The molecule has 15 heavy (non-hydrogen) atoms. The molecule has 0 N–H and O–H groups in total. The Morgan fingerprint density at radius 1 is 0.933 bits per heavy atom. The summed E-state index contributed by atoms with van der Waals surface area (Å²) in [5, 5.41) is 4.37. The SMILES string of the molecule is Cc1ccc(-n2ncc(C)c2C)cc1C. The fourth-order valence-electron chi connectivity index (χ4n) is 1.61. The highest BCUT2D eigenvalue weighted by molar-refractivity contribution is 5.40. The summed E-state index contributed by atoms with van der Waals surface area (Å²) in [5.74, 6) is 0. The van der Waals surface area contributed by atoms with Crippen molar-refractivity contribution in [2.75, 3.05) is 0 Å². The lowest BCUT2D eigenvalue weighted by atomic mass is 10.1. The van der Waals surface area contributed by atoms with Crippen molar-refractivity contribution in [2.24, 2.45) is 0 Å². The Labute approximate surface area is 90.6 Å². The molecule has 2 nitrogen and oxygen atoms in total. The molecular weight excluding hydrogens is 184 g/mol. The third-order valence-corrected chi connectivity index (χ3v) is 2.99. The van der Waals surface area contributed by atoms with E-state index >= 15 is 0 Å². The minimum atomic E-state index is 1.14. The van der Waals surface area contributed by atoms with Crippen LogP contribution in [0, 0.1) is 27.7 Å². The van der Waals surface area contributed by atoms with E-state index in [-0.39, 0.29) is 0 Å². The van der Waals surface area contributed by atoms with Crippen LogP contribution in [-0.4, -0.2) is 9.78 Å². The Hall–Kier alpha value is -1.57. The van der Waals surface area contributed by atoms with Gasteiger partial charge in [0.2, 0.25) is 0 Å². The van der Waals surface area contributed by atoms with Crippen LogP contribution in [0.15, 0.2) is 24.4 Å². The van der Waals surface area contributed by atoms with Gasteiger partial charge in [0.25, 0.3) is 0 Å². The second-order valence-electron chi connectivity index (χ2n) is 4.09. The molecule has 2 heteroatoms. The molecule has 0 saturated heterocycles. The first-order chi connectivity index (χ1) is 7.09. The third kappa shape index (κ3) is 1.67. The van der Waals surface area contributed by atoms with Crippen LogP contribution in [0.2, 0.25) is 0 Å². The lowest BCUT2D eigenvalue weighted by Crippen LogP contribution is -1.99. The van der Waals surface area contributed by atoms with Crippen LogP contribution in [0.3, 0.4) is 0 Å². The third-order valence-electron chi connectivity index (χ3n) is 2.99. The molecule has 0 amide bonds. The quantitative estimate of drug-likeness (QED) is 0.691. The van der Waals surface area contributed by atoms with Crippen molar-refractivity contribution < 1.29 is 0 Å². The smallest absolute Gasteiger partial charge is 0.0651 e. The molecule has 0 fully saturated rings. The van der Waals surface area contributed by atoms with E-state index in [1.54, 1.807) is 0 Å². The van der Waals surface area contributed by atoms with Crippen molar-refractivity contribution in [1.29, 1.82) is 0 Å². The Kier molecular flexibility index (Phi) is 2.35. The van der Waals surface area contributed by atoms with E-state index < -0.39 is 0 Å². The molecule has 2 aromatic rings. The molecule has 0 aliphatic heterocycles. The van der Waals surface area contributed by atoms with Crippen molar-refractivity contribution in [3.8, 4) is 5.69 Å². The molecule has 0 spiro atoms. The molecule has 0 unspecified atom stereocenters. The number of aromatic nitrogens is 2. The van der Waals surface area contributed by atoms with E-state index in [1.807, 2.05) is 10.9 Å². The van der Waals surface area contributed by atoms with Gasteiger partial charge in [-0.1, -0.05) is 6.07 Å². The monoisotopic (exact) mass is 200 g/mol. The predicted molar refractivity (Wildman–Crippen MR) is 62.5 cm³/mol. The van der Waals surface area contributed by atoms with Crippen molar-refractivity contribution in [1.82, 2.24) is 9.78 Å². The maximum atomic E-state index is 4.37. The zero-order valence-electron chi connectivity index (χ0n) is 9.70. The standard InChI is InChI=1S/C13H16N2/c1-9-5-6-13(7-10(9)2)15-12(4)11(3)8-14-15/h5-8H,1-4H3. The molecule has 0 aliphatic carbocycles. The molecular formula is C13H16N2. The first kappa shape index (κ1) is 9.97. The molecule has 78 valence electrons. The van der Waals surface area contributed by atoms with Gasteiger partial charge in [0.05, 0.1) is 11.9 Å². The highest BCUT2D eigenvalue weighted by atomic mass is 15.3. The molecule has 1 aromatic carbocycles. The summed E-state index contributed by atoms with van der Waals surface area (Å²) in [6, 6.07) is 6.43. The molecule has 0 bridgehead atoms. The van der Waals surface area contributed by atoms with Crippen molar-refractivity contribution in [3.05, 3.63) is 46.8 Å². The molecule has 1 heterocycles. The van der Waals surface area contributed by atoms with Crippen LogP contribution in [0.25, 0.3) is 5.69 Å². The molecule has 0 atom stereocenters. The Bertz CT molecular complexity index is 495. The normalized spacial score (nSPS) is 10.7. The van der Waals surface area contributed by atoms with Gasteiger partial charge >= 0.3 is 0 Å². The molecule has 0 aliphatic rings. The summed E-state index contributed by atoms with van der Waals surface area (Å²) in [4.78, 5) is 0. The lowest BCUT2D eigenvalue weighted by Gasteiger charge is -2.07. The Morgan fingerprint density at radius 3 is 2.20 bits per heavy atom. The minimum Gasteiger partial charge on any atom is -0.238 e. The first-order valence-electron chi connectivity index (χ1n) is 5.18. The summed E-state index contributed by atoms with van der Waals surface area (Å²) in [5.41, 5.74) is 6.20. The van der Waals surface area contributed by atoms with Gasteiger partial charge in [-0.05, 0) is 56.5 Å². The van der Waals surface area contributed by atoms with E-state index in [1.165, 1.54) is 22.4 Å². The van der Waals surface area contributed by atoms with Gasteiger partial charge in [-0.25, -0.2) is 4.68 Å². The number of nitrogens with zero attached hydrogens (tertiary/aromatic N) is 2. The zero-order chi connectivity index (χ0) is 11.0. The number of hydrogen-bond donors (Lipinski definition) is 0. The minimum absolute atomic E-state index is 1.14. The summed E-state index contributed by atoms with van der Waals surface area (Å²) in [7, 11) is 0.